The SMILES string of the molecule is Cc1ccc(NC(=O)CN(C)Cc2cccc(C)c2C)cc1. The van der Waals surface area contributed by atoms with Gasteiger partial charge in [-0.1, -0.05) is 35.9 Å². The van der Waals surface area contributed by atoms with Crippen molar-refractivity contribution in [2.45, 2.75) is 27.3 Å². The van der Waals surface area contributed by atoms with Gasteiger partial charge in [0.15, 0.2) is 0 Å². The lowest BCUT2D eigenvalue weighted by atomic mass is 10.0. The molecule has 2 aromatic rings. The summed E-state index contributed by atoms with van der Waals surface area (Å²) >= 11 is 0. The molecule has 0 spiro atoms. The molecule has 0 aliphatic heterocycles. The number of hydrogen-bond acceptors (Lipinski definition) is 2. The lowest BCUT2D eigenvalue weighted by molar-refractivity contribution is -0.117. The molecule has 2 aromatic carbocycles. The molecule has 22 heavy (non-hydrogen) atoms. The predicted octanol–water partition coefficient (Wildman–Crippen LogP) is 3.68. The lowest BCUT2D eigenvalue weighted by Crippen LogP contribution is -2.30. The highest BCUT2D eigenvalue weighted by molar-refractivity contribution is 5.92. The number of likely N-dealkylation sites (N-methyl/N-ethyl adjacent to an activating group) is 1. The zero-order valence-electron chi connectivity index (χ0n) is 13.8. The number of benzene rings is 2. The number of nitrogens with zero attached hydrogens (tertiary/aromatic N) is 1. The van der Waals surface area contributed by atoms with Crippen LogP contribution in [0.1, 0.15) is 22.3 Å². The van der Waals surface area contributed by atoms with E-state index >= 15 is 0 Å². The molecule has 0 bridgehead atoms. The van der Waals surface area contributed by atoms with Gasteiger partial charge in [-0.15, -0.1) is 0 Å². The molecule has 0 atom stereocenters. The minimum Gasteiger partial charge on any atom is -0.325 e. The maximum Gasteiger partial charge on any atom is 0.238 e. The largest absolute Gasteiger partial charge is 0.325 e. The molecule has 0 radical (unpaired) electrons. The first-order chi connectivity index (χ1) is 10.5. The van der Waals surface area contributed by atoms with Crippen molar-refractivity contribution in [2.75, 3.05) is 18.9 Å². The van der Waals surface area contributed by atoms with E-state index in [0.717, 1.165) is 12.2 Å². The van der Waals surface area contributed by atoms with Crippen LogP contribution in [0, 0.1) is 20.8 Å². The summed E-state index contributed by atoms with van der Waals surface area (Å²) in [7, 11) is 1.97. The molecule has 116 valence electrons. The van der Waals surface area contributed by atoms with Crippen LogP contribution in [-0.2, 0) is 11.3 Å². The average Bonchev–Trinajstić information content (AvgIpc) is 2.46. The van der Waals surface area contributed by atoms with Crippen molar-refractivity contribution >= 4 is 11.6 Å². The van der Waals surface area contributed by atoms with Crippen molar-refractivity contribution in [3.63, 3.8) is 0 Å². The van der Waals surface area contributed by atoms with Crippen LogP contribution in [0.3, 0.4) is 0 Å². The topological polar surface area (TPSA) is 32.3 Å². The number of anilines is 1. The molecular formula is C19H24N2O. The van der Waals surface area contributed by atoms with Crippen molar-refractivity contribution in [1.29, 1.82) is 0 Å². The Balaban J connectivity index is 1.91. The van der Waals surface area contributed by atoms with Gasteiger partial charge in [0.05, 0.1) is 6.54 Å². The Hall–Kier alpha value is -2.13. The molecule has 0 saturated heterocycles. The van der Waals surface area contributed by atoms with E-state index < -0.39 is 0 Å². The van der Waals surface area contributed by atoms with Crippen molar-refractivity contribution < 1.29 is 4.79 Å². The number of amides is 1. The Kier molecular flexibility index (Phi) is 5.34. The summed E-state index contributed by atoms with van der Waals surface area (Å²) in [6.07, 6.45) is 0. The molecule has 1 amide bonds. The number of hydrogen-bond donors (Lipinski definition) is 1. The van der Waals surface area contributed by atoms with Crippen LogP contribution in [0.2, 0.25) is 0 Å². The molecule has 0 aliphatic rings. The van der Waals surface area contributed by atoms with Gasteiger partial charge in [-0.3, -0.25) is 9.69 Å². The van der Waals surface area contributed by atoms with Gasteiger partial charge >= 0.3 is 0 Å². The van der Waals surface area contributed by atoms with E-state index in [9.17, 15) is 4.79 Å². The highest BCUT2D eigenvalue weighted by Crippen LogP contribution is 2.14. The summed E-state index contributed by atoms with van der Waals surface area (Å²) in [5.41, 5.74) is 5.88. The van der Waals surface area contributed by atoms with Crippen molar-refractivity contribution in [3.05, 3.63) is 64.7 Å². The zero-order valence-corrected chi connectivity index (χ0v) is 13.8. The predicted molar refractivity (Wildman–Crippen MR) is 92.1 cm³/mol. The molecule has 0 fully saturated rings. The van der Waals surface area contributed by atoms with Crippen LogP contribution in [0.15, 0.2) is 42.5 Å². The quantitative estimate of drug-likeness (QED) is 0.913. The summed E-state index contributed by atoms with van der Waals surface area (Å²) in [5, 5.41) is 2.93. The van der Waals surface area contributed by atoms with Crippen LogP contribution in [-0.4, -0.2) is 24.4 Å². The van der Waals surface area contributed by atoms with E-state index in [-0.39, 0.29) is 5.91 Å². The first kappa shape index (κ1) is 16.2. The third-order valence-corrected chi connectivity index (χ3v) is 3.91. The van der Waals surface area contributed by atoms with Crippen LogP contribution in [0.5, 0.6) is 0 Å². The molecule has 0 aliphatic carbocycles. The fourth-order valence-electron chi connectivity index (χ4n) is 2.41. The second-order valence-corrected chi connectivity index (χ2v) is 5.95. The molecule has 0 heterocycles. The van der Waals surface area contributed by atoms with Gasteiger partial charge in [0.2, 0.25) is 5.91 Å². The first-order valence-electron chi connectivity index (χ1n) is 7.56. The van der Waals surface area contributed by atoms with Gasteiger partial charge in [0.1, 0.15) is 0 Å². The number of carbonyl (C=O) groups is 1. The van der Waals surface area contributed by atoms with Crippen LogP contribution in [0.25, 0.3) is 0 Å². The van der Waals surface area contributed by atoms with Crippen molar-refractivity contribution in [2.24, 2.45) is 0 Å². The van der Waals surface area contributed by atoms with Gasteiger partial charge in [0, 0.05) is 12.2 Å². The highest BCUT2D eigenvalue weighted by atomic mass is 16.2. The fourth-order valence-corrected chi connectivity index (χ4v) is 2.41. The summed E-state index contributed by atoms with van der Waals surface area (Å²) < 4.78 is 0. The Bertz CT molecular complexity index is 647. The molecule has 1 N–H and O–H groups in total. The number of aryl methyl sites for hydroxylation is 2. The summed E-state index contributed by atoms with van der Waals surface area (Å²) in [6.45, 7) is 7.42. The fraction of sp³-hybridized carbons (Fsp3) is 0.316. The molecule has 3 heteroatoms. The maximum absolute atomic E-state index is 12.1. The molecule has 2 rings (SSSR count). The monoisotopic (exact) mass is 296 g/mol. The molecule has 3 nitrogen and oxygen atoms in total. The normalized spacial score (nSPS) is 10.8. The summed E-state index contributed by atoms with van der Waals surface area (Å²) in [5.74, 6) is 0.0108. The maximum atomic E-state index is 12.1. The summed E-state index contributed by atoms with van der Waals surface area (Å²) in [6, 6.07) is 14.2. The van der Waals surface area contributed by atoms with E-state index in [0.29, 0.717) is 6.54 Å². The molecular weight excluding hydrogens is 272 g/mol. The summed E-state index contributed by atoms with van der Waals surface area (Å²) in [4.78, 5) is 14.1. The molecule has 0 aromatic heterocycles. The van der Waals surface area contributed by atoms with E-state index in [2.05, 4.69) is 37.4 Å². The lowest BCUT2D eigenvalue weighted by Gasteiger charge is -2.18. The number of carbonyl (C=O) groups excluding carboxylic acids is 1. The number of rotatable bonds is 5. The van der Waals surface area contributed by atoms with E-state index in [1.807, 2.05) is 43.1 Å². The van der Waals surface area contributed by atoms with Gasteiger partial charge in [-0.25, -0.2) is 0 Å². The Labute approximate surface area is 133 Å². The molecule has 0 unspecified atom stereocenters. The second kappa shape index (κ2) is 7.23. The minimum atomic E-state index is 0.0108. The zero-order chi connectivity index (χ0) is 16.1. The van der Waals surface area contributed by atoms with Crippen LogP contribution >= 0.6 is 0 Å². The van der Waals surface area contributed by atoms with Crippen molar-refractivity contribution in [3.8, 4) is 0 Å². The van der Waals surface area contributed by atoms with Gasteiger partial charge in [0.25, 0.3) is 0 Å². The van der Waals surface area contributed by atoms with Crippen LogP contribution < -0.4 is 5.32 Å². The second-order valence-electron chi connectivity index (χ2n) is 5.95. The highest BCUT2D eigenvalue weighted by Gasteiger charge is 2.09. The Morgan fingerprint density at radius 1 is 1.05 bits per heavy atom. The first-order valence-corrected chi connectivity index (χ1v) is 7.56. The van der Waals surface area contributed by atoms with E-state index in [1.165, 1.54) is 22.3 Å². The van der Waals surface area contributed by atoms with Gasteiger partial charge < -0.3 is 5.32 Å². The average molecular weight is 296 g/mol. The van der Waals surface area contributed by atoms with Crippen LogP contribution in [0.4, 0.5) is 5.69 Å². The van der Waals surface area contributed by atoms with Crippen molar-refractivity contribution in [1.82, 2.24) is 4.90 Å². The molecule has 0 saturated carbocycles. The third-order valence-electron chi connectivity index (χ3n) is 3.91. The Morgan fingerprint density at radius 3 is 2.41 bits per heavy atom. The van der Waals surface area contributed by atoms with Gasteiger partial charge in [-0.05, 0) is 56.6 Å². The smallest absolute Gasteiger partial charge is 0.238 e. The standard InChI is InChI=1S/C19H24N2O/c1-14-8-10-18(11-9-14)20-19(22)13-21(4)12-17-7-5-6-15(2)16(17)3/h5-11H,12-13H2,1-4H3,(H,20,22). The third kappa shape index (κ3) is 4.43. The Morgan fingerprint density at radius 2 is 1.73 bits per heavy atom. The minimum absolute atomic E-state index is 0.0108. The van der Waals surface area contributed by atoms with E-state index in [4.69, 9.17) is 0 Å². The number of nitrogens with one attached hydrogen (secondary N) is 1. The van der Waals surface area contributed by atoms with E-state index in [1.54, 1.807) is 0 Å². The van der Waals surface area contributed by atoms with Gasteiger partial charge in [-0.2, -0.15) is 0 Å².